The highest BCUT2D eigenvalue weighted by atomic mass is 32.1. The van der Waals surface area contributed by atoms with Gasteiger partial charge in [-0.1, -0.05) is 41.7 Å². The summed E-state index contributed by atoms with van der Waals surface area (Å²) in [6.07, 6.45) is 1.63. The van der Waals surface area contributed by atoms with Crippen molar-refractivity contribution in [3.63, 3.8) is 0 Å². The second-order valence-electron chi connectivity index (χ2n) is 6.75. The van der Waals surface area contributed by atoms with E-state index in [-0.39, 0.29) is 11.8 Å². The number of carbonyl (C=O) groups is 2. The molecule has 2 N–H and O–H groups in total. The highest BCUT2D eigenvalue weighted by molar-refractivity contribution is 7.13. The van der Waals surface area contributed by atoms with E-state index < -0.39 is 0 Å². The molecule has 0 radical (unpaired) electrons. The number of rotatable bonds is 9. The predicted octanol–water partition coefficient (Wildman–Crippen LogP) is 3.75. The maximum atomic E-state index is 12.3. The average molecular weight is 425 g/mol. The largest absolute Gasteiger partial charge is 0.497 e. The van der Waals surface area contributed by atoms with Gasteiger partial charge in [0, 0.05) is 25.1 Å². The van der Waals surface area contributed by atoms with Gasteiger partial charge in [0.15, 0.2) is 0 Å². The third-order valence-corrected chi connectivity index (χ3v) is 5.48. The highest BCUT2D eigenvalue weighted by Gasteiger charge is 2.14. The minimum absolute atomic E-state index is 0.0205. The molecule has 0 unspecified atom stereocenters. The van der Waals surface area contributed by atoms with Gasteiger partial charge in [-0.3, -0.25) is 9.59 Å². The summed E-state index contributed by atoms with van der Waals surface area (Å²) in [4.78, 5) is 24.4. The lowest BCUT2D eigenvalue weighted by Crippen LogP contribution is -2.22. The van der Waals surface area contributed by atoms with Gasteiger partial charge < -0.3 is 15.4 Å². The van der Waals surface area contributed by atoms with Crippen LogP contribution >= 0.6 is 11.3 Å². The molecule has 7 nitrogen and oxygen atoms in total. The first kappa shape index (κ1) is 21.4. The number of anilines is 1. The van der Waals surface area contributed by atoms with E-state index in [4.69, 9.17) is 4.74 Å². The number of methoxy groups -OCH3 is 1. The number of benzene rings is 2. The summed E-state index contributed by atoms with van der Waals surface area (Å²) in [5.74, 6) is 0.493. The van der Waals surface area contributed by atoms with Gasteiger partial charge in [-0.15, -0.1) is 10.2 Å². The standard InChI is InChI=1S/C22H24N4O3S/c1-15-6-3-4-7-18(15)24-21(28)22-26-25-20(30-22)9-5-8-19(27)23-14-16-10-12-17(29-2)13-11-16/h3-4,6-7,10-13H,5,8-9,14H2,1-2H3,(H,23,27)(H,24,28). The number of hydrogen-bond donors (Lipinski definition) is 2. The van der Waals surface area contributed by atoms with E-state index >= 15 is 0 Å². The molecular weight excluding hydrogens is 400 g/mol. The van der Waals surface area contributed by atoms with Crippen molar-refractivity contribution in [3.05, 3.63) is 69.7 Å². The summed E-state index contributed by atoms with van der Waals surface area (Å²) in [6.45, 7) is 2.41. The van der Waals surface area contributed by atoms with Crippen LogP contribution in [0.25, 0.3) is 0 Å². The van der Waals surface area contributed by atoms with Gasteiger partial charge in [-0.2, -0.15) is 0 Å². The first-order valence-corrected chi connectivity index (χ1v) is 10.5. The van der Waals surface area contributed by atoms with E-state index in [1.165, 1.54) is 11.3 Å². The molecule has 0 aliphatic carbocycles. The molecule has 2 aromatic carbocycles. The number of amides is 2. The van der Waals surface area contributed by atoms with Crippen molar-refractivity contribution in [2.75, 3.05) is 12.4 Å². The number of ether oxygens (including phenoxy) is 1. The van der Waals surface area contributed by atoms with Crippen LogP contribution in [0.15, 0.2) is 48.5 Å². The van der Waals surface area contributed by atoms with E-state index in [1.807, 2.05) is 55.5 Å². The molecule has 3 rings (SSSR count). The van der Waals surface area contributed by atoms with E-state index in [0.29, 0.717) is 30.8 Å². The molecule has 30 heavy (non-hydrogen) atoms. The second-order valence-corrected chi connectivity index (χ2v) is 7.81. The summed E-state index contributed by atoms with van der Waals surface area (Å²) in [6, 6.07) is 15.1. The summed E-state index contributed by atoms with van der Waals surface area (Å²) < 4.78 is 5.12. The van der Waals surface area contributed by atoms with Crippen molar-refractivity contribution in [1.29, 1.82) is 0 Å². The lowest BCUT2D eigenvalue weighted by atomic mass is 10.2. The zero-order chi connectivity index (χ0) is 21.3. The van der Waals surface area contributed by atoms with E-state index in [1.54, 1.807) is 7.11 Å². The molecule has 0 saturated carbocycles. The van der Waals surface area contributed by atoms with Crippen molar-refractivity contribution in [1.82, 2.24) is 15.5 Å². The van der Waals surface area contributed by atoms with Crippen LogP contribution in [0.1, 0.15) is 38.8 Å². The van der Waals surface area contributed by atoms with Crippen molar-refractivity contribution in [2.24, 2.45) is 0 Å². The highest BCUT2D eigenvalue weighted by Crippen LogP contribution is 2.17. The van der Waals surface area contributed by atoms with Gasteiger partial charge in [0.25, 0.3) is 5.91 Å². The Morgan fingerprint density at radius 2 is 1.83 bits per heavy atom. The van der Waals surface area contributed by atoms with Crippen molar-refractivity contribution < 1.29 is 14.3 Å². The topological polar surface area (TPSA) is 93.2 Å². The fraction of sp³-hybridized carbons (Fsp3) is 0.273. The number of carbonyl (C=O) groups excluding carboxylic acids is 2. The van der Waals surface area contributed by atoms with Crippen LogP contribution in [0.2, 0.25) is 0 Å². The molecule has 0 aliphatic rings. The predicted molar refractivity (Wildman–Crippen MR) is 117 cm³/mol. The third-order valence-electron chi connectivity index (χ3n) is 4.50. The summed E-state index contributed by atoms with van der Waals surface area (Å²) in [7, 11) is 1.62. The van der Waals surface area contributed by atoms with E-state index in [2.05, 4.69) is 20.8 Å². The van der Waals surface area contributed by atoms with Crippen molar-refractivity contribution >= 4 is 28.8 Å². The van der Waals surface area contributed by atoms with Crippen molar-refractivity contribution in [3.8, 4) is 5.75 Å². The average Bonchev–Trinajstić information content (AvgIpc) is 3.23. The fourth-order valence-electron chi connectivity index (χ4n) is 2.77. The minimum Gasteiger partial charge on any atom is -0.497 e. The molecule has 1 heterocycles. The first-order valence-electron chi connectivity index (χ1n) is 9.64. The van der Waals surface area contributed by atoms with Crippen LogP contribution in [0.5, 0.6) is 5.75 Å². The Bertz CT molecular complexity index is 1000. The van der Waals surface area contributed by atoms with Crippen LogP contribution in [-0.2, 0) is 17.8 Å². The third kappa shape index (κ3) is 6.12. The van der Waals surface area contributed by atoms with Gasteiger partial charge in [-0.05, 0) is 42.7 Å². The Kier molecular flexibility index (Phi) is 7.51. The molecule has 2 amide bonds. The summed E-state index contributed by atoms with van der Waals surface area (Å²) in [5, 5.41) is 14.9. The molecule has 0 spiro atoms. The zero-order valence-electron chi connectivity index (χ0n) is 17.0. The second kappa shape index (κ2) is 10.5. The smallest absolute Gasteiger partial charge is 0.286 e. The summed E-state index contributed by atoms with van der Waals surface area (Å²) in [5.41, 5.74) is 2.75. The van der Waals surface area contributed by atoms with Crippen LogP contribution in [0.4, 0.5) is 5.69 Å². The van der Waals surface area contributed by atoms with E-state index in [0.717, 1.165) is 27.6 Å². The van der Waals surface area contributed by atoms with Crippen LogP contribution < -0.4 is 15.4 Å². The number of hydrogen-bond acceptors (Lipinski definition) is 6. The quantitative estimate of drug-likeness (QED) is 0.546. The van der Waals surface area contributed by atoms with Crippen molar-refractivity contribution in [2.45, 2.75) is 32.7 Å². The van der Waals surface area contributed by atoms with Gasteiger partial charge in [0.1, 0.15) is 10.8 Å². The SMILES string of the molecule is COc1ccc(CNC(=O)CCCc2nnc(C(=O)Nc3ccccc3C)s2)cc1. The normalized spacial score (nSPS) is 10.5. The van der Waals surface area contributed by atoms with Crippen LogP contribution in [-0.4, -0.2) is 29.1 Å². The number of aromatic nitrogens is 2. The molecule has 0 aliphatic heterocycles. The zero-order valence-corrected chi connectivity index (χ0v) is 17.8. The molecular formula is C22H24N4O3S. The molecule has 0 atom stereocenters. The van der Waals surface area contributed by atoms with Gasteiger partial charge in [-0.25, -0.2) is 0 Å². The van der Waals surface area contributed by atoms with Crippen LogP contribution in [0, 0.1) is 6.92 Å². The minimum atomic E-state index is -0.273. The van der Waals surface area contributed by atoms with E-state index in [9.17, 15) is 9.59 Å². The monoisotopic (exact) mass is 424 g/mol. The molecule has 0 fully saturated rings. The molecule has 156 valence electrons. The van der Waals surface area contributed by atoms with Gasteiger partial charge in [0.05, 0.1) is 7.11 Å². The first-order chi connectivity index (χ1) is 14.5. The Labute approximate surface area is 179 Å². The number of para-hydroxylation sites is 1. The Hall–Kier alpha value is -3.26. The molecule has 3 aromatic rings. The lowest BCUT2D eigenvalue weighted by Gasteiger charge is -2.06. The number of aryl methyl sites for hydroxylation is 2. The van der Waals surface area contributed by atoms with Gasteiger partial charge in [0.2, 0.25) is 10.9 Å². The lowest BCUT2D eigenvalue weighted by molar-refractivity contribution is -0.121. The molecule has 0 bridgehead atoms. The van der Waals surface area contributed by atoms with Crippen LogP contribution in [0.3, 0.4) is 0 Å². The fourth-order valence-corrected chi connectivity index (χ4v) is 3.54. The maximum Gasteiger partial charge on any atom is 0.286 e. The number of nitrogens with zero attached hydrogens (tertiary/aromatic N) is 2. The maximum absolute atomic E-state index is 12.3. The molecule has 1 aromatic heterocycles. The summed E-state index contributed by atoms with van der Waals surface area (Å²) >= 11 is 1.25. The molecule has 8 heteroatoms. The van der Waals surface area contributed by atoms with Gasteiger partial charge >= 0.3 is 0 Å². The Morgan fingerprint density at radius 3 is 2.57 bits per heavy atom. The molecule has 0 saturated heterocycles. The number of nitrogens with one attached hydrogen (secondary N) is 2. The Balaban J connectivity index is 1.41. The Morgan fingerprint density at radius 1 is 1.07 bits per heavy atom.